The highest BCUT2D eigenvalue weighted by Gasteiger charge is 2.17. The monoisotopic (exact) mass is 687 g/mol. The van der Waals surface area contributed by atoms with Crippen molar-refractivity contribution in [3.8, 4) is 67.5 Å². The van der Waals surface area contributed by atoms with Crippen molar-refractivity contribution >= 4 is 32.3 Å². The largest absolute Gasteiger partial charge is 0.208 e. The Balaban J connectivity index is 1.16. The van der Waals surface area contributed by atoms with Gasteiger partial charge in [-0.2, -0.15) is 0 Å². The van der Waals surface area contributed by atoms with Crippen LogP contribution in [0.5, 0.6) is 0 Å². The van der Waals surface area contributed by atoms with Gasteiger partial charge in [0.15, 0.2) is 17.5 Å². The molecule has 0 aliphatic carbocycles. The molecule has 0 aliphatic rings. The van der Waals surface area contributed by atoms with Crippen LogP contribution in [0.3, 0.4) is 0 Å². The molecule has 0 N–H and O–H groups in total. The Labute approximate surface area is 313 Å². The molecule has 252 valence electrons. The zero-order valence-corrected chi connectivity index (χ0v) is 29.4. The third-order valence-electron chi connectivity index (χ3n) is 10.3. The van der Waals surface area contributed by atoms with E-state index < -0.39 is 0 Å². The molecule has 0 unspecified atom stereocenters. The summed E-state index contributed by atoms with van der Waals surface area (Å²) in [6.45, 7) is 0. The number of benzene rings is 9. The molecule has 1 heterocycles. The quantitative estimate of drug-likeness (QED) is 0.175. The van der Waals surface area contributed by atoms with Gasteiger partial charge in [-0.1, -0.05) is 188 Å². The fourth-order valence-electron chi connectivity index (χ4n) is 7.71. The number of aromatic nitrogens is 3. The Morgan fingerprint density at radius 1 is 0.222 bits per heavy atom. The highest BCUT2D eigenvalue weighted by molar-refractivity contribution is 6.00. The van der Waals surface area contributed by atoms with Gasteiger partial charge in [-0.05, 0) is 77.8 Å². The second kappa shape index (κ2) is 13.4. The molecular formula is C51H33N3. The first-order chi connectivity index (χ1) is 26.8. The van der Waals surface area contributed by atoms with Crippen molar-refractivity contribution in [1.29, 1.82) is 0 Å². The van der Waals surface area contributed by atoms with Crippen LogP contribution < -0.4 is 0 Å². The van der Waals surface area contributed by atoms with Gasteiger partial charge in [0.25, 0.3) is 0 Å². The summed E-state index contributed by atoms with van der Waals surface area (Å²) in [5.41, 5.74) is 9.85. The average Bonchev–Trinajstić information content (AvgIpc) is 3.26. The van der Waals surface area contributed by atoms with E-state index in [1.54, 1.807) is 0 Å². The molecule has 3 heteroatoms. The van der Waals surface area contributed by atoms with Crippen LogP contribution in [0.4, 0.5) is 0 Å². The fourth-order valence-corrected chi connectivity index (χ4v) is 7.71. The molecule has 3 nitrogen and oxygen atoms in total. The first kappa shape index (κ1) is 31.5. The normalized spacial score (nSPS) is 11.3. The summed E-state index contributed by atoms with van der Waals surface area (Å²) < 4.78 is 0. The molecular weight excluding hydrogens is 655 g/mol. The van der Waals surface area contributed by atoms with Crippen LogP contribution >= 0.6 is 0 Å². The maximum absolute atomic E-state index is 5.21. The summed E-state index contributed by atoms with van der Waals surface area (Å²) in [6, 6.07) is 70.7. The molecule has 10 aromatic rings. The van der Waals surface area contributed by atoms with E-state index in [9.17, 15) is 0 Å². The van der Waals surface area contributed by atoms with Gasteiger partial charge in [-0.3, -0.25) is 0 Å². The summed E-state index contributed by atoms with van der Waals surface area (Å²) in [4.78, 5) is 15.6. The van der Waals surface area contributed by atoms with Crippen molar-refractivity contribution in [2.75, 3.05) is 0 Å². The molecule has 0 bridgehead atoms. The maximum atomic E-state index is 5.21. The maximum Gasteiger partial charge on any atom is 0.164 e. The lowest BCUT2D eigenvalue weighted by molar-refractivity contribution is 1.08. The topological polar surface area (TPSA) is 38.7 Å². The molecule has 0 atom stereocenters. The van der Waals surface area contributed by atoms with Crippen LogP contribution in [0.1, 0.15) is 0 Å². The molecule has 10 rings (SSSR count). The van der Waals surface area contributed by atoms with Crippen LogP contribution in [0.25, 0.3) is 99.9 Å². The molecule has 9 aromatic carbocycles. The van der Waals surface area contributed by atoms with Crippen molar-refractivity contribution in [1.82, 2.24) is 15.0 Å². The number of fused-ring (bicyclic) bond motifs is 3. The van der Waals surface area contributed by atoms with Gasteiger partial charge in [-0.25, -0.2) is 15.0 Å². The molecule has 0 aliphatic heterocycles. The number of rotatable bonds is 6. The highest BCUT2D eigenvalue weighted by atomic mass is 15.0. The second-order valence-corrected chi connectivity index (χ2v) is 13.6. The van der Waals surface area contributed by atoms with Gasteiger partial charge in [0.05, 0.1) is 0 Å². The molecule has 0 saturated carbocycles. The fraction of sp³-hybridized carbons (Fsp3) is 0. The summed E-state index contributed by atoms with van der Waals surface area (Å²) in [5.74, 6) is 1.93. The van der Waals surface area contributed by atoms with Crippen molar-refractivity contribution in [3.05, 3.63) is 200 Å². The van der Waals surface area contributed by atoms with Crippen LogP contribution in [0, 0.1) is 0 Å². The number of hydrogen-bond donors (Lipinski definition) is 0. The van der Waals surface area contributed by atoms with E-state index in [-0.39, 0.29) is 0 Å². The van der Waals surface area contributed by atoms with Gasteiger partial charge >= 0.3 is 0 Å². The number of nitrogens with zero attached hydrogens (tertiary/aromatic N) is 3. The molecule has 0 radical (unpaired) electrons. The van der Waals surface area contributed by atoms with E-state index in [0.717, 1.165) is 54.9 Å². The summed E-state index contributed by atoms with van der Waals surface area (Å²) in [7, 11) is 0. The first-order valence-corrected chi connectivity index (χ1v) is 18.3. The van der Waals surface area contributed by atoms with Crippen molar-refractivity contribution < 1.29 is 0 Å². The Kier molecular flexibility index (Phi) is 7.81. The molecule has 1 aromatic heterocycles. The predicted octanol–water partition coefficient (Wildman–Crippen LogP) is 13.3. The minimum Gasteiger partial charge on any atom is -0.208 e. The van der Waals surface area contributed by atoms with E-state index in [1.807, 2.05) is 0 Å². The van der Waals surface area contributed by atoms with Crippen LogP contribution in [-0.4, -0.2) is 15.0 Å². The first-order valence-electron chi connectivity index (χ1n) is 18.3. The van der Waals surface area contributed by atoms with E-state index in [4.69, 9.17) is 15.0 Å². The molecule has 54 heavy (non-hydrogen) atoms. The van der Waals surface area contributed by atoms with E-state index in [1.165, 1.54) is 27.5 Å². The standard InChI is InChI=1S/C51H33N3/c1-2-14-37(15-3-1)48-33-39(44-27-11-19-34-16-4-7-24-41(34)44)30-31-45(48)38-22-10-23-40(32-38)49-52-50(46-28-12-20-35-17-5-8-25-42(35)46)54-51(53-49)47-29-13-21-36-18-6-9-26-43(36)47/h1-33H. The van der Waals surface area contributed by atoms with E-state index >= 15 is 0 Å². The molecule has 0 amide bonds. The summed E-state index contributed by atoms with van der Waals surface area (Å²) in [5, 5.41) is 6.97. The van der Waals surface area contributed by atoms with Gasteiger partial charge < -0.3 is 0 Å². The van der Waals surface area contributed by atoms with Crippen molar-refractivity contribution in [2.24, 2.45) is 0 Å². The van der Waals surface area contributed by atoms with Crippen LogP contribution in [0.2, 0.25) is 0 Å². The third-order valence-corrected chi connectivity index (χ3v) is 10.3. The SMILES string of the molecule is c1ccc(-c2cc(-c3cccc4ccccc34)ccc2-c2cccc(-c3nc(-c4cccc5ccccc45)nc(-c4cccc5ccccc45)n3)c2)cc1. The Morgan fingerprint density at radius 3 is 1.26 bits per heavy atom. The second-order valence-electron chi connectivity index (χ2n) is 13.6. The lowest BCUT2D eigenvalue weighted by atomic mass is 9.89. The van der Waals surface area contributed by atoms with Gasteiger partial charge in [0, 0.05) is 16.7 Å². The third kappa shape index (κ3) is 5.69. The minimum absolute atomic E-state index is 0.631. The molecule has 0 fully saturated rings. The molecule has 0 saturated heterocycles. The Morgan fingerprint density at radius 2 is 0.648 bits per heavy atom. The smallest absolute Gasteiger partial charge is 0.164 e. The highest BCUT2D eigenvalue weighted by Crippen LogP contribution is 2.39. The lowest BCUT2D eigenvalue weighted by Crippen LogP contribution is -2.01. The lowest BCUT2D eigenvalue weighted by Gasteiger charge is -2.15. The zero-order valence-electron chi connectivity index (χ0n) is 29.4. The van der Waals surface area contributed by atoms with E-state index in [2.05, 4.69) is 200 Å². The average molecular weight is 688 g/mol. The van der Waals surface area contributed by atoms with E-state index in [0.29, 0.717) is 17.5 Å². The van der Waals surface area contributed by atoms with Gasteiger partial charge in [0.1, 0.15) is 0 Å². The van der Waals surface area contributed by atoms with Crippen LogP contribution in [-0.2, 0) is 0 Å². The van der Waals surface area contributed by atoms with Crippen LogP contribution in [0.15, 0.2) is 200 Å². The Bertz CT molecular complexity index is 2890. The van der Waals surface area contributed by atoms with Gasteiger partial charge in [0.2, 0.25) is 0 Å². The predicted molar refractivity (Wildman–Crippen MR) is 225 cm³/mol. The minimum atomic E-state index is 0.631. The Hall–Kier alpha value is -7.23. The van der Waals surface area contributed by atoms with Gasteiger partial charge in [-0.15, -0.1) is 0 Å². The molecule has 0 spiro atoms. The number of hydrogen-bond acceptors (Lipinski definition) is 3. The summed E-state index contributed by atoms with van der Waals surface area (Å²) in [6.07, 6.45) is 0. The zero-order chi connectivity index (χ0) is 35.8. The summed E-state index contributed by atoms with van der Waals surface area (Å²) >= 11 is 0. The van der Waals surface area contributed by atoms with Crippen molar-refractivity contribution in [2.45, 2.75) is 0 Å². The van der Waals surface area contributed by atoms with Crippen molar-refractivity contribution in [3.63, 3.8) is 0 Å².